The molecule has 0 bridgehead atoms. The lowest BCUT2D eigenvalue weighted by molar-refractivity contribution is 0.217. The fourth-order valence-corrected chi connectivity index (χ4v) is 3.20. The van der Waals surface area contributed by atoms with Gasteiger partial charge in [-0.05, 0) is 61.8 Å². The Morgan fingerprint density at radius 3 is 2.38 bits per heavy atom. The minimum absolute atomic E-state index is 0.292. The van der Waals surface area contributed by atoms with Crippen LogP contribution in [0.3, 0.4) is 0 Å². The molecule has 0 aliphatic heterocycles. The van der Waals surface area contributed by atoms with E-state index in [1.165, 1.54) is 37.7 Å². The van der Waals surface area contributed by atoms with Crippen molar-refractivity contribution in [1.29, 1.82) is 0 Å². The van der Waals surface area contributed by atoms with Gasteiger partial charge in [0.25, 0.3) is 0 Å². The van der Waals surface area contributed by atoms with Gasteiger partial charge in [0.05, 0.1) is 6.10 Å². The molecule has 116 valence electrons. The van der Waals surface area contributed by atoms with Crippen LogP contribution < -0.4 is 4.74 Å². The average Bonchev–Trinajstić information content (AvgIpc) is 2.54. The summed E-state index contributed by atoms with van der Waals surface area (Å²) in [4.78, 5) is 0. The van der Waals surface area contributed by atoms with E-state index >= 15 is 0 Å². The second-order valence-corrected chi connectivity index (χ2v) is 6.26. The summed E-state index contributed by atoms with van der Waals surface area (Å²) in [6.07, 6.45) is 11.8. The highest BCUT2D eigenvalue weighted by Gasteiger charge is 2.18. The van der Waals surface area contributed by atoms with Crippen LogP contribution in [0.4, 0.5) is 0 Å². The molecule has 1 aliphatic carbocycles. The summed E-state index contributed by atoms with van der Waals surface area (Å²) in [5.74, 6) is 1.76. The molecule has 1 aromatic carbocycles. The lowest BCUT2D eigenvalue weighted by atomic mass is 9.80. The average molecular weight is 286 g/mol. The van der Waals surface area contributed by atoms with Gasteiger partial charge < -0.3 is 4.74 Å². The minimum atomic E-state index is 0.292. The second-order valence-electron chi connectivity index (χ2n) is 6.26. The summed E-state index contributed by atoms with van der Waals surface area (Å²) in [5.41, 5.74) is 2.95. The van der Waals surface area contributed by atoms with Gasteiger partial charge in [-0.1, -0.05) is 51.3 Å². The number of hydrogen-bond acceptors (Lipinski definition) is 1. The Morgan fingerprint density at radius 1 is 1.14 bits per heavy atom. The predicted molar refractivity (Wildman–Crippen MR) is 91.7 cm³/mol. The first-order chi connectivity index (χ1) is 10.2. The number of benzene rings is 1. The molecule has 0 amide bonds. The van der Waals surface area contributed by atoms with Crippen LogP contribution in [0.25, 0.3) is 5.57 Å². The van der Waals surface area contributed by atoms with E-state index in [1.54, 1.807) is 5.57 Å². The molecular formula is C20H30O. The fourth-order valence-electron chi connectivity index (χ4n) is 3.20. The third-order valence-corrected chi connectivity index (χ3v) is 4.57. The van der Waals surface area contributed by atoms with Gasteiger partial charge in [0.2, 0.25) is 0 Å². The van der Waals surface area contributed by atoms with Crippen LogP contribution in [-0.2, 0) is 0 Å². The molecule has 1 heteroatoms. The second kappa shape index (κ2) is 8.26. The van der Waals surface area contributed by atoms with E-state index in [2.05, 4.69) is 51.1 Å². The minimum Gasteiger partial charge on any atom is -0.491 e. The molecule has 1 fully saturated rings. The van der Waals surface area contributed by atoms with Gasteiger partial charge in [-0.3, -0.25) is 0 Å². The molecule has 21 heavy (non-hydrogen) atoms. The molecule has 0 radical (unpaired) electrons. The van der Waals surface area contributed by atoms with E-state index in [1.807, 2.05) is 0 Å². The highest BCUT2D eigenvalue weighted by molar-refractivity contribution is 5.68. The summed E-state index contributed by atoms with van der Waals surface area (Å²) in [6, 6.07) is 8.75. The van der Waals surface area contributed by atoms with Crippen molar-refractivity contribution in [2.45, 2.75) is 71.8 Å². The van der Waals surface area contributed by atoms with Crippen molar-refractivity contribution in [1.82, 2.24) is 0 Å². The van der Waals surface area contributed by atoms with Gasteiger partial charge in [0.15, 0.2) is 0 Å². The zero-order valence-electron chi connectivity index (χ0n) is 13.9. The van der Waals surface area contributed by atoms with E-state index < -0.39 is 0 Å². The van der Waals surface area contributed by atoms with Gasteiger partial charge in [0.1, 0.15) is 5.75 Å². The number of hydrogen-bond donors (Lipinski definition) is 0. The van der Waals surface area contributed by atoms with Crippen molar-refractivity contribution in [2.24, 2.45) is 5.92 Å². The number of rotatable bonds is 6. The van der Waals surface area contributed by atoms with Gasteiger partial charge in [0, 0.05) is 0 Å². The quantitative estimate of drug-likeness (QED) is 0.601. The van der Waals surface area contributed by atoms with E-state index in [4.69, 9.17) is 4.74 Å². The van der Waals surface area contributed by atoms with Crippen LogP contribution >= 0.6 is 0 Å². The first-order valence-electron chi connectivity index (χ1n) is 8.71. The van der Waals surface area contributed by atoms with Crippen molar-refractivity contribution < 1.29 is 4.74 Å². The SMILES string of the molecule is CCC=C(c1ccc(OC(C)CC)cc1)C1CCCCC1. The molecular weight excluding hydrogens is 256 g/mol. The molecule has 0 N–H and O–H groups in total. The third-order valence-electron chi connectivity index (χ3n) is 4.57. The van der Waals surface area contributed by atoms with Gasteiger partial charge in [-0.15, -0.1) is 0 Å². The summed E-state index contributed by atoms with van der Waals surface area (Å²) in [5, 5.41) is 0. The van der Waals surface area contributed by atoms with Gasteiger partial charge in [-0.25, -0.2) is 0 Å². The van der Waals surface area contributed by atoms with Crippen LogP contribution in [0.15, 0.2) is 30.3 Å². The lowest BCUT2D eigenvalue weighted by Crippen LogP contribution is -2.10. The molecule has 0 heterocycles. The van der Waals surface area contributed by atoms with E-state index in [-0.39, 0.29) is 0 Å². The Kier molecular flexibility index (Phi) is 6.35. The molecule has 1 aliphatic rings. The maximum absolute atomic E-state index is 5.88. The first kappa shape index (κ1) is 16.1. The van der Waals surface area contributed by atoms with Crippen molar-refractivity contribution in [3.05, 3.63) is 35.9 Å². The fraction of sp³-hybridized carbons (Fsp3) is 0.600. The Morgan fingerprint density at radius 2 is 1.81 bits per heavy atom. The standard InChI is InChI=1S/C20H30O/c1-4-9-20(17-10-7-6-8-11-17)18-12-14-19(15-13-18)21-16(3)5-2/h9,12-17H,4-8,10-11H2,1-3H3. The van der Waals surface area contributed by atoms with Crippen LogP contribution in [0, 0.1) is 5.92 Å². The van der Waals surface area contributed by atoms with Crippen molar-refractivity contribution in [3.8, 4) is 5.75 Å². The summed E-state index contributed by atoms with van der Waals surface area (Å²) < 4.78 is 5.88. The molecule has 1 unspecified atom stereocenters. The Bertz CT molecular complexity index is 437. The van der Waals surface area contributed by atoms with E-state index in [0.717, 1.165) is 24.5 Å². The van der Waals surface area contributed by atoms with Crippen LogP contribution in [0.1, 0.15) is 71.3 Å². The Labute approximate surface area is 130 Å². The van der Waals surface area contributed by atoms with Gasteiger partial charge in [-0.2, -0.15) is 0 Å². The van der Waals surface area contributed by atoms with E-state index in [0.29, 0.717) is 6.10 Å². The summed E-state index contributed by atoms with van der Waals surface area (Å²) >= 11 is 0. The van der Waals surface area contributed by atoms with Crippen LogP contribution in [-0.4, -0.2) is 6.10 Å². The van der Waals surface area contributed by atoms with Crippen LogP contribution in [0.5, 0.6) is 5.75 Å². The zero-order chi connectivity index (χ0) is 15.1. The molecule has 1 aromatic rings. The topological polar surface area (TPSA) is 9.23 Å². The molecule has 0 aromatic heterocycles. The maximum atomic E-state index is 5.88. The molecule has 1 atom stereocenters. The Hall–Kier alpha value is -1.24. The van der Waals surface area contributed by atoms with Crippen molar-refractivity contribution in [3.63, 3.8) is 0 Å². The largest absolute Gasteiger partial charge is 0.491 e. The third kappa shape index (κ3) is 4.62. The molecule has 1 nitrogen and oxygen atoms in total. The molecule has 1 saturated carbocycles. The number of ether oxygens (including phenoxy) is 1. The summed E-state index contributed by atoms with van der Waals surface area (Å²) in [6.45, 7) is 6.52. The van der Waals surface area contributed by atoms with Crippen molar-refractivity contribution in [2.75, 3.05) is 0 Å². The monoisotopic (exact) mass is 286 g/mol. The molecule has 0 spiro atoms. The predicted octanol–water partition coefficient (Wildman–Crippen LogP) is 6.24. The lowest BCUT2D eigenvalue weighted by Gasteiger charge is -2.25. The van der Waals surface area contributed by atoms with Crippen molar-refractivity contribution >= 4 is 5.57 Å². The highest BCUT2D eigenvalue weighted by atomic mass is 16.5. The van der Waals surface area contributed by atoms with Crippen LogP contribution in [0.2, 0.25) is 0 Å². The molecule has 0 saturated heterocycles. The van der Waals surface area contributed by atoms with Gasteiger partial charge >= 0.3 is 0 Å². The number of allylic oxidation sites excluding steroid dienone is 2. The normalized spacial score (nSPS) is 18.5. The van der Waals surface area contributed by atoms with E-state index in [9.17, 15) is 0 Å². The first-order valence-corrected chi connectivity index (χ1v) is 8.71. The summed E-state index contributed by atoms with van der Waals surface area (Å²) in [7, 11) is 0. The zero-order valence-corrected chi connectivity index (χ0v) is 13.9. The molecule has 2 rings (SSSR count). The smallest absolute Gasteiger partial charge is 0.119 e. The Balaban J connectivity index is 2.11. The highest BCUT2D eigenvalue weighted by Crippen LogP contribution is 2.36. The maximum Gasteiger partial charge on any atom is 0.119 e.